The van der Waals surface area contributed by atoms with E-state index in [9.17, 15) is 19.3 Å². The van der Waals surface area contributed by atoms with Crippen LogP contribution in [0.5, 0.6) is 0 Å². The van der Waals surface area contributed by atoms with Gasteiger partial charge in [-0.2, -0.15) is 0 Å². The van der Waals surface area contributed by atoms with Crippen molar-refractivity contribution in [2.24, 2.45) is 4.99 Å². The lowest BCUT2D eigenvalue weighted by atomic mass is 10.1. The second kappa shape index (κ2) is 6.92. The van der Waals surface area contributed by atoms with Crippen molar-refractivity contribution in [3.8, 4) is 0 Å². The standard InChI is InChI=1S/C14H16FN3O3/c15-10-5-7-11(8-6-10)17-14(19)13(18(20)21)12-4-2-1-3-9-16-12/h5-8,13H,1-4,9H2,(H,17,19)/t13-/m1/s1. The number of benzene rings is 1. The predicted molar refractivity (Wildman–Crippen MR) is 76.6 cm³/mol. The molecule has 1 N–H and O–H groups in total. The Kier molecular flexibility index (Phi) is 4.97. The first-order valence-corrected chi connectivity index (χ1v) is 6.81. The highest BCUT2D eigenvalue weighted by Crippen LogP contribution is 2.14. The third-order valence-corrected chi connectivity index (χ3v) is 3.29. The quantitative estimate of drug-likeness (QED) is 0.683. The van der Waals surface area contributed by atoms with Crippen molar-refractivity contribution in [2.75, 3.05) is 11.9 Å². The molecule has 1 aromatic carbocycles. The summed E-state index contributed by atoms with van der Waals surface area (Å²) < 4.78 is 12.8. The highest BCUT2D eigenvalue weighted by Gasteiger charge is 2.35. The number of amides is 1. The molecule has 0 unspecified atom stereocenters. The van der Waals surface area contributed by atoms with Crippen molar-refractivity contribution in [3.63, 3.8) is 0 Å². The third kappa shape index (κ3) is 4.08. The van der Waals surface area contributed by atoms with Gasteiger partial charge in [0.05, 0.1) is 5.71 Å². The van der Waals surface area contributed by atoms with Crippen LogP contribution >= 0.6 is 0 Å². The van der Waals surface area contributed by atoms with Gasteiger partial charge in [-0.05, 0) is 43.5 Å². The number of nitrogens with one attached hydrogen (secondary N) is 1. The van der Waals surface area contributed by atoms with Gasteiger partial charge in [0.2, 0.25) is 0 Å². The number of halogens is 1. The van der Waals surface area contributed by atoms with Crippen LogP contribution in [-0.4, -0.2) is 29.1 Å². The van der Waals surface area contributed by atoms with E-state index in [1.165, 1.54) is 24.3 Å². The third-order valence-electron chi connectivity index (χ3n) is 3.29. The second-order valence-electron chi connectivity index (χ2n) is 4.87. The van der Waals surface area contributed by atoms with E-state index in [2.05, 4.69) is 10.3 Å². The number of anilines is 1. The smallest absolute Gasteiger partial charge is 0.320 e. The molecule has 0 spiro atoms. The summed E-state index contributed by atoms with van der Waals surface area (Å²) in [5.41, 5.74) is 0.639. The minimum atomic E-state index is -1.48. The van der Waals surface area contributed by atoms with E-state index < -0.39 is 22.7 Å². The van der Waals surface area contributed by atoms with Crippen LogP contribution < -0.4 is 5.32 Å². The Hall–Kier alpha value is -2.31. The Morgan fingerprint density at radius 1 is 1.29 bits per heavy atom. The topological polar surface area (TPSA) is 84.6 Å². The Bertz CT molecular complexity index is 557. The van der Waals surface area contributed by atoms with Gasteiger partial charge < -0.3 is 5.32 Å². The lowest BCUT2D eigenvalue weighted by molar-refractivity contribution is -0.488. The van der Waals surface area contributed by atoms with E-state index in [0.29, 0.717) is 24.4 Å². The van der Waals surface area contributed by atoms with Gasteiger partial charge >= 0.3 is 11.9 Å². The highest BCUT2D eigenvalue weighted by atomic mass is 19.1. The van der Waals surface area contributed by atoms with E-state index in [1.807, 2.05) is 0 Å². The van der Waals surface area contributed by atoms with Crippen LogP contribution in [0.1, 0.15) is 25.7 Å². The number of hydrogen-bond donors (Lipinski definition) is 1. The molecular formula is C14H16FN3O3. The van der Waals surface area contributed by atoms with E-state index >= 15 is 0 Å². The molecule has 0 saturated carbocycles. The van der Waals surface area contributed by atoms with Crippen molar-refractivity contribution >= 4 is 17.3 Å². The lowest BCUT2D eigenvalue weighted by Gasteiger charge is -2.12. The fourth-order valence-corrected chi connectivity index (χ4v) is 2.23. The number of nitro groups is 1. The van der Waals surface area contributed by atoms with Crippen molar-refractivity contribution in [3.05, 3.63) is 40.2 Å². The van der Waals surface area contributed by atoms with Crippen LogP contribution in [0.4, 0.5) is 10.1 Å². The summed E-state index contributed by atoms with van der Waals surface area (Å²) in [7, 11) is 0. The van der Waals surface area contributed by atoms with Crippen molar-refractivity contribution in [1.29, 1.82) is 0 Å². The zero-order chi connectivity index (χ0) is 15.2. The second-order valence-corrected chi connectivity index (χ2v) is 4.87. The van der Waals surface area contributed by atoms with Gasteiger partial charge in [0, 0.05) is 17.2 Å². The Labute approximate surface area is 121 Å². The van der Waals surface area contributed by atoms with Gasteiger partial charge in [-0.1, -0.05) is 6.42 Å². The van der Waals surface area contributed by atoms with Crippen LogP contribution in [0.3, 0.4) is 0 Å². The number of carbonyl (C=O) groups is 1. The van der Waals surface area contributed by atoms with Crippen LogP contribution in [0.15, 0.2) is 29.3 Å². The van der Waals surface area contributed by atoms with Gasteiger partial charge in [0.1, 0.15) is 5.82 Å². The minimum Gasteiger partial charge on any atom is -0.320 e. The monoisotopic (exact) mass is 293 g/mol. The highest BCUT2D eigenvalue weighted by molar-refractivity contribution is 6.11. The van der Waals surface area contributed by atoms with Gasteiger partial charge in [-0.3, -0.25) is 19.9 Å². The fraction of sp³-hybridized carbons (Fsp3) is 0.429. The fourth-order valence-electron chi connectivity index (χ4n) is 2.23. The first-order valence-electron chi connectivity index (χ1n) is 6.81. The summed E-state index contributed by atoms with van der Waals surface area (Å²) in [4.78, 5) is 26.9. The van der Waals surface area contributed by atoms with Gasteiger partial charge in [0.25, 0.3) is 0 Å². The molecule has 0 aromatic heterocycles. The maximum absolute atomic E-state index is 12.8. The molecule has 1 heterocycles. The molecule has 1 aliphatic heterocycles. The summed E-state index contributed by atoms with van der Waals surface area (Å²) in [5.74, 6) is -1.18. The molecule has 1 amide bonds. The number of aliphatic imine (C=N–C) groups is 1. The average Bonchev–Trinajstić information content (AvgIpc) is 2.70. The molecular weight excluding hydrogens is 277 g/mol. The Morgan fingerprint density at radius 3 is 2.67 bits per heavy atom. The zero-order valence-electron chi connectivity index (χ0n) is 11.4. The Balaban J connectivity index is 2.13. The number of rotatable bonds is 4. The maximum Gasteiger partial charge on any atom is 0.327 e. The summed E-state index contributed by atoms with van der Waals surface area (Å²) in [5, 5.41) is 13.6. The summed E-state index contributed by atoms with van der Waals surface area (Å²) >= 11 is 0. The largest absolute Gasteiger partial charge is 0.327 e. The normalized spacial score (nSPS) is 16.5. The SMILES string of the molecule is O=C(Nc1ccc(F)cc1)[C@@H](C1=NCCCCC1)[N+](=O)[O-]. The molecule has 0 aliphatic carbocycles. The zero-order valence-corrected chi connectivity index (χ0v) is 11.4. The van der Waals surface area contributed by atoms with E-state index in [1.54, 1.807) is 0 Å². The Morgan fingerprint density at radius 2 is 2.00 bits per heavy atom. The van der Waals surface area contributed by atoms with Crippen LogP contribution in [-0.2, 0) is 4.79 Å². The number of nitrogens with zero attached hydrogens (tertiary/aromatic N) is 2. The predicted octanol–water partition coefficient (Wildman–Crippen LogP) is 2.42. The first kappa shape index (κ1) is 15.1. The van der Waals surface area contributed by atoms with Gasteiger partial charge in [0.15, 0.2) is 0 Å². The first-order chi connectivity index (χ1) is 10.1. The molecule has 2 rings (SSSR count). The van der Waals surface area contributed by atoms with Crippen molar-refractivity contribution < 1.29 is 14.1 Å². The minimum absolute atomic E-state index is 0.317. The molecule has 1 atom stereocenters. The van der Waals surface area contributed by atoms with E-state index in [-0.39, 0.29) is 0 Å². The molecule has 112 valence electrons. The molecule has 0 saturated heterocycles. The number of carbonyl (C=O) groups excluding carboxylic acids is 1. The molecule has 1 aliphatic rings. The molecule has 1 aromatic rings. The molecule has 21 heavy (non-hydrogen) atoms. The van der Waals surface area contributed by atoms with Gasteiger partial charge in [-0.25, -0.2) is 4.39 Å². The van der Waals surface area contributed by atoms with Crippen molar-refractivity contribution in [2.45, 2.75) is 31.7 Å². The number of hydrogen-bond acceptors (Lipinski definition) is 4. The summed E-state index contributed by atoms with van der Waals surface area (Å²) in [6, 6.07) is 3.60. The molecule has 6 nitrogen and oxygen atoms in total. The van der Waals surface area contributed by atoms with E-state index in [0.717, 1.165) is 19.3 Å². The maximum atomic E-state index is 12.8. The summed E-state index contributed by atoms with van der Waals surface area (Å²) in [6.45, 7) is 0.517. The molecule has 0 bridgehead atoms. The van der Waals surface area contributed by atoms with Crippen molar-refractivity contribution in [1.82, 2.24) is 0 Å². The average molecular weight is 293 g/mol. The van der Waals surface area contributed by atoms with Gasteiger partial charge in [-0.15, -0.1) is 0 Å². The lowest BCUT2D eigenvalue weighted by Crippen LogP contribution is -2.41. The van der Waals surface area contributed by atoms with E-state index in [4.69, 9.17) is 0 Å². The molecule has 7 heteroatoms. The molecule has 0 radical (unpaired) electrons. The van der Waals surface area contributed by atoms with Crippen LogP contribution in [0, 0.1) is 15.9 Å². The van der Waals surface area contributed by atoms with Crippen LogP contribution in [0.25, 0.3) is 0 Å². The molecule has 0 fully saturated rings. The van der Waals surface area contributed by atoms with Crippen LogP contribution in [0.2, 0.25) is 0 Å². The summed E-state index contributed by atoms with van der Waals surface area (Å²) in [6.07, 6.45) is 3.10.